The Morgan fingerprint density at radius 3 is 2.83 bits per heavy atom. The summed E-state index contributed by atoms with van der Waals surface area (Å²) in [5.41, 5.74) is 2.86. The van der Waals surface area contributed by atoms with E-state index in [2.05, 4.69) is 33.4 Å². The first-order chi connectivity index (χ1) is 14.5. The molecule has 0 aliphatic carbocycles. The summed E-state index contributed by atoms with van der Waals surface area (Å²) in [4.78, 5) is 27.9. The maximum absolute atomic E-state index is 12.4. The van der Waals surface area contributed by atoms with Crippen LogP contribution in [-0.2, 0) is 26.1 Å². The van der Waals surface area contributed by atoms with Crippen molar-refractivity contribution in [1.82, 2.24) is 24.8 Å². The van der Waals surface area contributed by atoms with Gasteiger partial charge in [-0.05, 0) is 17.5 Å². The number of carbonyl (C=O) groups is 1. The topological polar surface area (TPSA) is 93.7 Å². The van der Waals surface area contributed by atoms with Crippen LogP contribution in [0.3, 0.4) is 0 Å². The lowest BCUT2D eigenvalue weighted by Gasteiger charge is -2.28. The van der Waals surface area contributed by atoms with Crippen LogP contribution >= 0.6 is 0 Å². The normalized spacial score (nSPS) is 13.7. The maximum atomic E-state index is 12.4. The SMILES string of the molecule is CN(C)C(=O)n1cc(COc2coc(CN3CCc4ccccc4C3)cc2=O)nn1. The summed E-state index contributed by atoms with van der Waals surface area (Å²) in [6.07, 6.45) is 3.77. The predicted molar refractivity (Wildman–Crippen MR) is 108 cm³/mol. The van der Waals surface area contributed by atoms with Gasteiger partial charge >= 0.3 is 6.03 Å². The smallest absolute Gasteiger partial charge is 0.345 e. The zero-order chi connectivity index (χ0) is 21.1. The molecule has 9 nitrogen and oxygen atoms in total. The van der Waals surface area contributed by atoms with Crippen LogP contribution in [0.2, 0.25) is 0 Å². The number of benzene rings is 1. The van der Waals surface area contributed by atoms with Crippen LogP contribution in [-0.4, -0.2) is 51.5 Å². The molecule has 1 amide bonds. The van der Waals surface area contributed by atoms with Gasteiger partial charge in [0.25, 0.3) is 0 Å². The van der Waals surface area contributed by atoms with Gasteiger partial charge in [0.05, 0.1) is 12.7 Å². The zero-order valence-electron chi connectivity index (χ0n) is 16.9. The fourth-order valence-corrected chi connectivity index (χ4v) is 3.35. The first-order valence-corrected chi connectivity index (χ1v) is 9.66. The molecule has 0 fully saturated rings. The van der Waals surface area contributed by atoms with E-state index in [1.807, 2.05) is 6.07 Å². The molecule has 0 unspecified atom stereocenters. The lowest BCUT2D eigenvalue weighted by molar-refractivity contribution is 0.215. The molecule has 0 atom stereocenters. The molecule has 0 saturated carbocycles. The highest BCUT2D eigenvalue weighted by molar-refractivity contribution is 5.75. The van der Waals surface area contributed by atoms with E-state index in [-0.39, 0.29) is 23.8 Å². The van der Waals surface area contributed by atoms with Gasteiger partial charge in [0.15, 0.2) is 0 Å². The van der Waals surface area contributed by atoms with Crippen LogP contribution in [0.25, 0.3) is 0 Å². The number of nitrogens with zero attached hydrogens (tertiary/aromatic N) is 5. The van der Waals surface area contributed by atoms with Crippen LogP contribution in [0.1, 0.15) is 22.6 Å². The second-order valence-corrected chi connectivity index (χ2v) is 7.42. The standard InChI is InChI=1S/C21H23N5O4/c1-24(2)21(28)26-11-17(22-23-26)13-30-20-14-29-18(9-19(20)27)12-25-8-7-15-5-3-4-6-16(15)10-25/h3-6,9,11,14H,7-8,10,12-13H2,1-2H3. The van der Waals surface area contributed by atoms with Crippen molar-refractivity contribution in [2.75, 3.05) is 20.6 Å². The summed E-state index contributed by atoms with van der Waals surface area (Å²) in [6.45, 7) is 2.32. The molecule has 0 N–H and O–H groups in total. The van der Waals surface area contributed by atoms with Crippen molar-refractivity contribution in [1.29, 1.82) is 0 Å². The molecule has 156 valence electrons. The minimum atomic E-state index is -0.321. The van der Waals surface area contributed by atoms with Crippen molar-refractivity contribution in [3.8, 4) is 5.75 Å². The molecule has 3 heterocycles. The number of aromatic nitrogens is 3. The van der Waals surface area contributed by atoms with E-state index in [4.69, 9.17) is 9.15 Å². The van der Waals surface area contributed by atoms with E-state index < -0.39 is 0 Å². The van der Waals surface area contributed by atoms with Crippen molar-refractivity contribution in [2.24, 2.45) is 0 Å². The third kappa shape index (κ3) is 4.41. The second-order valence-electron chi connectivity index (χ2n) is 7.42. The summed E-state index contributed by atoms with van der Waals surface area (Å²) in [5, 5.41) is 7.63. The number of hydrogen-bond acceptors (Lipinski definition) is 7. The molecule has 0 spiro atoms. The first-order valence-electron chi connectivity index (χ1n) is 9.66. The Kier molecular flexibility index (Phi) is 5.62. The van der Waals surface area contributed by atoms with Crippen LogP contribution in [0.15, 0.2) is 52.0 Å². The van der Waals surface area contributed by atoms with Gasteiger partial charge in [-0.2, -0.15) is 4.68 Å². The van der Waals surface area contributed by atoms with Gasteiger partial charge in [-0.15, -0.1) is 5.10 Å². The van der Waals surface area contributed by atoms with E-state index in [0.29, 0.717) is 18.0 Å². The summed E-state index contributed by atoms with van der Waals surface area (Å²) < 4.78 is 12.2. The molecule has 0 radical (unpaired) electrons. The molecule has 2 aromatic heterocycles. The monoisotopic (exact) mass is 409 g/mol. The van der Waals surface area contributed by atoms with E-state index in [9.17, 15) is 9.59 Å². The summed E-state index contributed by atoms with van der Waals surface area (Å²) in [5.74, 6) is 0.686. The second kappa shape index (κ2) is 8.50. The summed E-state index contributed by atoms with van der Waals surface area (Å²) >= 11 is 0. The number of fused-ring (bicyclic) bond motifs is 1. The molecule has 1 aliphatic rings. The molecule has 4 rings (SSSR count). The fraction of sp³-hybridized carbons (Fsp3) is 0.333. The molecular weight excluding hydrogens is 386 g/mol. The van der Waals surface area contributed by atoms with Gasteiger partial charge in [0.1, 0.15) is 24.3 Å². The highest BCUT2D eigenvalue weighted by Gasteiger charge is 2.17. The van der Waals surface area contributed by atoms with Gasteiger partial charge < -0.3 is 14.1 Å². The van der Waals surface area contributed by atoms with E-state index in [0.717, 1.165) is 24.2 Å². The summed E-state index contributed by atoms with van der Waals surface area (Å²) in [7, 11) is 3.24. The molecule has 3 aromatic rings. The molecule has 9 heteroatoms. The van der Waals surface area contributed by atoms with Crippen LogP contribution in [0.5, 0.6) is 5.75 Å². The average molecular weight is 409 g/mol. The third-order valence-corrected chi connectivity index (χ3v) is 4.94. The number of ether oxygens (including phenoxy) is 1. The largest absolute Gasteiger partial charge is 0.480 e. The minimum absolute atomic E-state index is 0.00766. The average Bonchev–Trinajstić information content (AvgIpc) is 3.21. The Bertz CT molecular complexity index is 1100. The lowest BCUT2D eigenvalue weighted by Crippen LogP contribution is -2.30. The van der Waals surface area contributed by atoms with Gasteiger partial charge in [-0.1, -0.05) is 29.5 Å². The van der Waals surface area contributed by atoms with Gasteiger partial charge in [-0.3, -0.25) is 9.69 Å². The Balaban J connectivity index is 1.36. The number of amides is 1. The highest BCUT2D eigenvalue weighted by atomic mass is 16.5. The molecular formula is C21H23N5O4. The Labute approximate surface area is 173 Å². The first kappa shape index (κ1) is 19.8. The predicted octanol–water partition coefficient (Wildman–Crippen LogP) is 1.90. The quantitative estimate of drug-likeness (QED) is 0.635. The van der Waals surface area contributed by atoms with E-state index in [1.54, 1.807) is 14.1 Å². The minimum Gasteiger partial charge on any atom is -0.480 e. The molecule has 0 saturated heterocycles. The fourth-order valence-electron chi connectivity index (χ4n) is 3.35. The van der Waals surface area contributed by atoms with Crippen molar-refractivity contribution in [2.45, 2.75) is 26.1 Å². The number of rotatable bonds is 5. The van der Waals surface area contributed by atoms with Crippen molar-refractivity contribution >= 4 is 6.03 Å². The van der Waals surface area contributed by atoms with Gasteiger partial charge in [0, 0.05) is 33.3 Å². The van der Waals surface area contributed by atoms with Crippen molar-refractivity contribution in [3.05, 3.63) is 75.6 Å². The Morgan fingerprint density at radius 1 is 1.27 bits per heavy atom. The van der Waals surface area contributed by atoms with Gasteiger partial charge in [0.2, 0.25) is 11.2 Å². The van der Waals surface area contributed by atoms with Crippen molar-refractivity contribution < 1.29 is 13.9 Å². The lowest BCUT2D eigenvalue weighted by atomic mass is 10.00. The summed E-state index contributed by atoms with van der Waals surface area (Å²) in [6, 6.07) is 9.54. The van der Waals surface area contributed by atoms with E-state index in [1.165, 1.54) is 34.6 Å². The van der Waals surface area contributed by atoms with Crippen LogP contribution < -0.4 is 10.2 Å². The van der Waals surface area contributed by atoms with Crippen LogP contribution in [0, 0.1) is 0 Å². The number of carbonyl (C=O) groups excluding carboxylic acids is 1. The molecule has 1 aliphatic heterocycles. The van der Waals surface area contributed by atoms with E-state index >= 15 is 0 Å². The molecule has 0 bridgehead atoms. The van der Waals surface area contributed by atoms with Gasteiger partial charge in [-0.25, -0.2) is 4.79 Å². The Morgan fingerprint density at radius 2 is 2.07 bits per heavy atom. The Hall–Kier alpha value is -3.46. The van der Waals surface area contributed by atoms with Crippen molar-refractivity contribution in [3.63, 3.8) is 0 Å². The number of hydrogen-bond donors (Lipinski definition) is 0. The highest BCUT2D eigenvalue weighted by Crippen LogP contribution is 2.20. The third-order valence-electron chi connectivity index (χ3n) is 4.94. The molecule has 30 heavy (non-hydrogen) atoms. The maximum Gasteiger partial charge on any atom is 0.345 e. The van der Waals surface area contributed by atoms with Crippen LogP contribution in [0.4, 0.5) is 4.79 Å². The molecule has 1 aromatic carbocycles. The zero-order valence-corrected chi connectivity index (χ0v) is 16.9.